The first-order valence-electron chi connectivity index (χ1n) is 24.0. The molecule has 0 saturated heterocycles. The molecule has 0 aromatic heterocycles. The summed E-state index contributed by atoms with van der Waals surface area (Å²) in [5, 5.41) is 0. The summed E-state index contributed by atoms with van der Waals surface area (Å²) in [6, 6.07) is 0. The van der Waals surface area contributed by atoms with E-state index in [1.54, 1.807) is 0 Å². The number of hydrogen-bond donors (Lipinski definition) is 0. The van der Waals surface area contributed by atoms with Crippen LogP contribution in [0.15, 0.2) is 0 Å². The van der Waals surface area contributed by atoms with Crippen LogP contribution in [0.5, 0.6) is 0 Å². The smallest absolute Gasteiger partial charge is 0.0210 e. The highest BCUT2D eigenvalue weighted by Crippen LogP contribution is 2.65. The summed E-state index contributed by atoms with van der Waals surface area (Å²) in [4.78, 5) is 0. The topological polar surface area (TPSA) is 0 Å². The lowest BCUT2D eigenvalue weighted by atomic mass is 9.43. The number of unbranched alkanes of at least 4 members (excludes halogenated alkanes) is 11. The van der Waals surface area contributed by atoms with Gasteiger partial charge in [-0.3, -0.25) is 0 Å². The molecule has 0 spiro atoms. The maximum Gasteiger partial charge on any atom is -0.0210 e. The van der Waals surface area contributed by atoms with E-state index >= 15 is 0 Å². The SMILES string of the molecule is CCCCCCCC(CCC(C)CC(C)CCC)(C(CCC)CCC)C(CCC)(CCCCCCC)C(CCC)CC(C)(C)CCCCCC. The Morgan fingerprint density at radius 1 is 0.340 bits per heavy atom. The lowest BCUT2D eigenvalue weighted by Crippen LogP contribution is -2.53. The van der Waals surface area contributed by atoms with Crippen molar-refractivity contribution in [2.24, 2.45) is 39.9 Å². The molecule has 0 bridgehead atoms. The summed E-state index contributed by atoms with van der Waals surface area (Å²) in [7, 11) is 0. The molecule has 302 valence electrons. The van der Waals surface area contributed by atoms with Crippen LogP contribution in [0.2, 0.25) is 0 Å². The van der Waals surface area contributed by atoms with Crippen molar-refractivity contribution in [2.45, 2.75) is 282 Å². The van der Waals surface area contributed by atoms with Crippen molar-refractivity contribution in [3.63, 3.8) is 0 Å². The van der Waals surface area contributed by atoms with Gasteiger partial charge in [-0.05, 0) is 84.9 Å². The molecule has 0 nitrogen and oxygen atoms in total. The first-order valence-corrected chi connectivity index (χ1v) is 24.0. The average Bonchev–Trinajstić information content (AvgIpc) is 3.07. The van der Waals surface area contributed by atoms with Crippen molar-refractivity contribution in [1.82, 2.24) is 0 Å². The molecule has 50 heavy (non-hydrogen) atoms. The minimum Gasteiger partial charge on any atom is -0.0654 e. The van der Waals surface area contributed by atoms with Gasteiger partial charge in [-0.2, -0.15) is 0 Å². The van der Waals surface area contributed by atoms with Gasteiger partial charge < -0.3 is 0 Å². The highest BCUT2D eigenvalue weighted by molar-refractivity contribution is 5.05. The Kier molecular flexibility index (Phi) is 30.3. The fourth-order valence-electron chi connectivity index (χ4n) is 11.4. The van der Waals surface area contributed by atoms with Crippen LogP contribution < -0.4 is 0 Å². The molecule has 0 radical (unpaired) electrons. The summed E-state index contributed by atoms with van der Waals surface area (Å²) >= 11 is 0. The maximum absolute atomic E-state index is 2.69. The third-order valence-electron chi connectivity index (χ3n) is 13.8. The van der Waals surface area contributed by atoms with Gasteiger partial charge in [0.1, 0.15) is 0 Å². The summed E-state index contributed by atoms with van der Waals surface area (Å²) < 4.78 is 0. The van der Waals surface area contributed by atoms with Crippen LogP contribution in [0.3, 0.4) is 0 Å². The molecule has 0 amide bonds. The minimum atomic E-state index is 0.440. The highest BCUT2D eigenvalue weighted by atomic mass is 14.6. The first-order chi connectivity index (χ1) is 24.0. The fourth-order valence-corrected chi connectivity index (χ4v) is 11.4. The van der Waals surface area contributed by atoms with E-state index < -0.39 is 0 Å². The van der Waals surface area contributed by atoms with E-state index in [1.165, 1.54) is 199 Å². The number of hydrogen-bond acceptors (Lipinski definition) is 0. The largest absolute Gasteiger partial charge is 0.0654 e. The van der Waals surface area contributed by atoms with Gasteiger partial charge in [-0.25, -0.2) is 0 Å². The van der Waals surface area contributed by atoms with Crippen LogP contribution in [0.1, 0.15) is 282 Å². The molecular weight excluding hydrogens is 601 g/mol. The lowest BCUT2D eigenvalue weighted by Gasteiger charge is -2.61. The number of rotatable bonds is 37. The molecule has 5 unspecified atom stereocenters. The Balaban J connectivity index is 7.53. The Bertz CT molecular complexity index is 714. The molecule has 5 atom stereocenters. The third-order valence-corrected chi connectivity index (χ3v) is 13.8. The molecule has 0 fully saturated rings. The van der Waals surface area contributed by atoms with Crippen LogP contribution in [0.4, 0.5) is 0 Å². The Morgan fingerprint density at radius 2 is 0.740 bits per heavy atom. The van der Waals surface area contributed by atoms with Crippen molar-refractivity contribution in [1.29, 1.82) is 0 Å². The van der Waals surface area contributed by atoms with E-state index in [1.807, 2.05) is 0 Å². The zero-order valence-electron chi connectivity index (χ0n) is 37.7. The molecule has 0 heteroatoms. The van der Waals surface area contributed by atoms with Gasteiger partial charge in [0.2, 0.25) is 0 Å². The van der Waals surface area contributed by atoms with Crippen LogP contribution in [-0.4, -0.2) is 0 Å². The zero-order valence-corrected chi connectivity index (χ0v) is 37.7. The highest BCUT2D eigenvalue weighted by Gasteiger charge is 2.56. The predicted octanol–water partition coefficient (Wildman–Crippen LogP) is 18.7. The second-order valence-corrected chi connectivity index (χ2v) is 19.1. The second kappa shape index (κ2) is 30.3. The predicted molar refractivity (Wildman–Crippen MR) is 232 cm³/mol. The first kappa shape index (κ1) is 50.0. The molecule has 0 aliphatic carbocycles. The molecule has 0 heterocycles. The van der Waals surface area contributed by atoms with E-state index in [0.717, 1.165) is 23.7 Å². The van der Waals surface area contributed by atoms with Gasteiger partial charge in [0.05, 0.1) is 0 Å². The quantitative estimate of drug-likeness (QED) is 0.0565. The van der Waals surface area contributed by atoms with Gasteiger partial charge in [-0.1, -0.05) is 237 Å². The molecule has 0 aliphatic heterocycles. The fraction of sp³-hybridized carbons (Fsp3) is 1.00. The molecule has 0 aromatic carbocycles. The van der Waals surface area contributed by atoms with Crippen molar-refractivity contribution in [2.75, 3.05) is 0 Å². The summed E-state index contributed by atoms with van der Waals surface area (Å²) in [6.45, 7) is 30.3. The van der Waals surface area contributed by atoms with Crippen LogP contribution in [-0.2, 0) is 0 Å². The molecule has 0 N–H and O–H groups in total. The molecule has 0 rings (SSSR count). The van der Waals surface area contributed by atoms with Crippen molar-refractivity contribution in [3.8, 4) is 0 Å². The van der Waals surface area contributed by atoms with Crippen molar-refractivity contribution < 1.29 is 0 Å². The van der Waals surface area contributed by atoms with Crippen LogP contribution in [0, 0.1) is 39.9 Å². The van der Waals surface area contributed by atoms with Crippen LogP contribution >= 0.6 is 0 Å². The Hall–Kier alpha value is 0. The normalized spacial score (nSPS) is 16.7. The summed E-state index contributed by atoms with van der Waals surface area (Å²) in [5.41, 5.74) is 1.39. The average molecular weight is 703 g/mol. The maximum atomic E-state index is 2.69. The molecule has 0 aliphatic rings. The molecule has 0 saturated carbocycles. The Labute approximate surface area is 321 Å². The second-order valence-electron chi connectivity index (χ2n) is 19.1. The van der Waals surface area contributed by atoms with Crippen molar-refractivity contribution in [3.05, 3.63) is 0 Å². The van der Waals surface area contributed by atoms with E-state index in [9.17, 15) is 0 Å². The molecular formula is C50H102. The zero-order chi connectivity index (χ0) is 37.7. The van der Waals surface area contributed by atoms with Crippen molar-refractivity contribution >= 4 is 0 Å². The molecule has 0 aromatic rings. The summed E-state index contributed by atoms with van der Waals surface area (Å²) in [6.07, 6.45) is 44.4. The summed E-state index contributed by atoms with van der Waals surface area (Å²) in [5.74, 6) is 3.48. The van der Waals surface area contributed by atoms with E-state index in [0.29, 0.717) is 16.2 Å². The van der Waals surface area contributed by atoms with Gasteiger partial charge in [0, 0.05) is 0 Å². The lowest BCUT2D eigenvalue weighted by molar-refractivity contribution is -0.119. The van der Waals surface area contributed by atoms with Gasteiger partial charge >= 0.3 is 0 Å². The minimum absolute atomic E-state index is 0.440. The van der Waals surface area contributed by atoms with Gasteiger partial charge in [-0.15, -0.1) is 0 Å². The Morgan fingerprint density at radius 3 is 1.20 bits per heavy atom. The van der Waals surface area contributed by atoms with Gasteiger partial charge in [0.25, 0.3) is 0 Å². The van der Waals surface area contributed by atoms with Crippen LogP contribution in [0.25, 0.3) is 0 Å². The monoisotopic (exact) mass is 703 g/mol. The standard InChI is InChI=1S/C50H102/c1-13-21-24-27-30-39-49(37-20-8,47(35-19-7)43-48(11,12)38-29-26-23-15-3)50(40-31-28-25-22-14-2,46(33-17-5)34-18-6)41-36-45(10)42-44(9)32-16-4/h44-47H,13-43H2,1-12H3. The van der Waals surface area contributed by atoms with E-state index in [2.05, 4.69) is 83.1 Å². The van der Waals surface area contributed by atoms with E-state index in [4.69, 9.17) is 0 Å². The third kappa shape index (κ3) is 18.9. The van der Waals surface area contributed by atoms with E-state index in [-0.39, 0.29) is 0 Å². The van der Waals surface area contributed by atoms with Gasteiger partial charge in [0.15, 0.2) is 0 Å².